The Balaban J connectivity index is 2.17. The lowest BCUT2D eigenvalue weighted by molar-refractivity contribution is 0.0766. The average Bonchev–Trinajstić information content (AvgIpc) is 2.63. The highest BCUT2D eigenvalue weighted by molar-refractivity contribution is 7.89. The van der Waals surface area contributed by atoms with Crippen LogP contribution < -0.4 is 0 Å². The Morgan fingerprint density at radius 1 is 1.00 bits per heavy atom. The van der Waals surface area contributed by atoms with Crippen LogP contribution in [0, 0.1) is 0 Å². The number of amides is 1. The molecule has 1 amide bonds. The number of benzene rings is 2. The van der Waals surface area contributed by atoms with Gasteiger partial charge in [0.05, 0.1) is 4.90 Å². The highest BCUT2D eigenvalue weighted by Gasteiger charge is 2.20. The fourth-order valence-corrected chi connectivity index (χ4v) is 3.44. The number of nitrogens with zero attached hydrogens (tertiary/aromatic N) is 2. The van der Waals surface area contributed by atoms with Crippen LogP contribution in [0.1, 0.15) is 22.8 Å². The van der Waals surface area contributed by atoms with E-state index in [4.69, 9.17) is 0 Å². The zero-order valence-electron chi connectivity index (χ0n) is 14.8. The van der Waals surface area contributed by atoms with Crippen molar-refractivity contribution < 1.29 is 13.2 Å². The standard InChI is InChI=1S/C19H24N2O3S/c1-4-21(14-13-16-9-6-5-7-10-16)19(22)17-11-8-12-18(15-17)25(23,24)20(2)3/h5-12,15H,4,13-14H2,1-3H3. The first-order valence-corrected chi connectivity index (χ1v) is 9.66. The molecule has 0 heterocycles. The minimum Gasteiger partial charge on any atom is -0.339 e. The second kappa shape index (κ2) is 8.27. The van der Waals surface area contributed by atoms with Crippen molar-refractivity contribution in [3.8, 4) is 0 Å². The first kappa shape index (κ1) is 19.1. The molecular weight excluding hydrogens is 336 g/mol. The molecule has 0 spiro atoms. The van der Waals surface area contributed by atoms with Crippen LogP contribution in [0.2, 0.25) is 0 Å². The van der Waals surface area contributed by atoms with Gasteiger partial charge in [0.15, 0.2) is 0 Å². The number of hydrogen-bond donors (Lipinski definition) is 0. The van der Waals surface area contributed by atoms with Crippen molar-refractivity contribution in [1.29, 1.82) is 0 Å². The molecule has 0 aliphatic rings. The molecule has 0 fully saturated rings. The molecule has 0 aliphatic carbocycles. The lowest BCUT2D eigenvalue weighted by atomic mass is 10.1. The summed E-state index contributed by atoms with van der Waals surface area (Å²) in [4.78, 5) is 14.6. The number of carbonyl (C=O) groups excluding carboxylic acids is 1. The Bertz CT molecular complexity index is 818. The van der Waals surface area contributed by atoms with Crippen LogP contribution in [0.4, 0.5) is 0 Å². The van der Waals surface area contributed by atoms with E-state index in [2.05, 4.69) is 0 Å². The minimum absolute atomic E-state index is 0.127. The molecule has 0 bridgehead atoms. The molecule has 0 unspecified atom stereocenters. The van der Waals surface area contributed by atoms with Crippen LogP contribution in [0.25, 0.3) is 0 Å². The number of sulfonamides is 1. The van der Waals surface area contributed by atoms with Crippen LogP contribution in [0.3, 0.4) is 0 Å². The first-order chi connectivity index (χ1) is 11.9. The number of carbonyl (C=O) groups is 1. The summed E-state index contributed by atoms with van der Waals surface area (Å²) in [5.74, 6) is -0.158. The monoisotopic (exact) mass is 360 g/mol. The summed E-state index contributed by atoms with van der Waals surface area (Å²) < 4.78 is 25.7. The van der Waals surface area contributed by atoms with E-state index in [9.17, 15) is 13.2 Å². The average molecular weight is 360 g/mol. The van der Waals surface area contributed by atoms with Gasteiger partial charge >= 0.3 is 0 Å². The van der Waals surface area contributed by atoms with Crippen molar-refractivity contribution in [1.82, 2.24) is 9.21 Å². The molecule has 0 aliphatic heterocycles. The fourth-order valence-electron chi connectivity index (χ4n) is 2.49. The van der Waals surface area contributed by atoms with Crippen molar-refractivity contribution in [3.63, 3.8) is 0 Å². The van der Waals surface area contributed by atoms with Crippen molar-refractivity contribution >= 4 is 15.9 Å². The maximum atomic E-state index is 12.8. The third kappa shape index (κ3) is 4.67. The van der Waals surface area contributed by atoms with Gasteiger partial charge in [-0.2, -0.15) is 0 Å². The number of rotatable bonds is 7. The minimum atomic E-state index is -3.56. The van der Waals surface area contributed by atoms with Crippen LogP contribution in [0.15, 0.2) is 59.5 Å². The van der Waals surface area contributed by atoms with Crippen molar-refractivity contribution in [2.24, 2.45) is 0 Å². The molecule has 0 atom stereocenters. The lowest BCUT2D eigenvalue weighted by Gasteiger charge is -2.21. The van der Waals surface area contributed by atoms with Gasteiger partial charge < -0.3 is 4.90 Å². The third-order valence-corrected chi connectivity index (χ3v) is 5.85. The normalized spacial score (nSPS) is 11.5. The lowest BCUT2D eigenvalue weighted by Crippen LogP contribution is -2.33. The molecule has 2 rings (SSSR count). The summed E-state index contributed by atoms with van der Waals surface area (Å²) in [7, 11) is -0.610. The van der Waals surface area contributed by atoms with E-state index < -0.39 is 10.0 Å². The van der Waals surface area contributed by atoms with E-state index >= 15 is 0 Å². The largest absolute Gasteiger partial charge is 0.339 e. The van der Waals surface area contributed by atoms with Gasteiger partial charge in [0, 0.05) is 32.7 Å². The first-order valence-electron chi connectivity index (χ1n) is 8.22. The molecule has 0 radical (unpaired) electrons. The van der Waals surface area contributed by atoms with Crippen molar-refractivity contribution in [2.75, 3.05) is 27.2 Å². The highest BCUT2D eigenvalue weighted by Crippen LogP contribution is 2.16. The molecule has 2 aromatic carbocycles. The van der Waals surface area contributed by atoms with Gasteiger partial charge in [-0.05, 0) is 37.1 Å². The van der Waals surface area contributed by atoms with Crippen LogP contribution >= 0.6 is 0 Å². The Kier molecular flexibility index (Phi) is 6.33. The fraction of sp³-hybridized carbons (Fsp3) is 0.316. The van der Waals surface area contributed by atoms with Crippen LogP contribution in [-0.4, -0.2) is 50.7 Å². The molecule has 5 nitrogen and oxygen atoms in total. The van der Waals surface area contributed by atoms with E-state index in [0.717, 1.165) is 16.3 Å². The highest BCUT2D eigenvalue weighted by atomic mass is 32.2. The molecule has 25 heavy (non-hydrogen) atoms. The smallest absolute Gasteiger partial charge is 0.253 e. The second-order valence-electron chi connectivity index (χ2n) is 5.94. The van der Waals surface area contributed by atoms with Crippen LogP contribution in [0.5, 0.6) is 0 Å². The molecule has 0 N–H and O–H groups in total. The Hall–Kier alpha value is -2.18. The van der Waals surface area contributed by atoms with Gasteiger partial charge in [-0.1, -0.05) is 36.4 Å². The van der Waals surface area contributed by atoms with E-state index in [1.807, 2.05) is 37.3 Å². The maximum absolute atomic E-state index is 12.8. The number of likely N-dealkylation sites (N-methyl/N-ethyl adjacent to an activating group) is 1. The zero-order valence-corrected chi connectivity index (χ0v) is 15.7. The van der Waals surface area contributed by atoms with E-state index in [0.29, 0.717) is 18.7 Å². The van der Waals surface area contributed by atoms with Gasteiger partial charge in [0.2, 0.25) is 10.0 Å². The molecule has 134 valence electrons. The SMILES string of the molecule is CCN(CCc1ccccc1)C(=O)c1cccc(S(=O)(=O)N(C)C)c1. The van der Waals surface area contributed by atoms with Gasteiger partial charge in [-0.3, -0.25) is 4.79 Å². The Morgan fingerprint density at radius 2 is 1.68 bits per heavy atom. The summed E-state index contributed by atoms with van der Waals surface area (Å²) in [6.07, 6.45) is 0.760. The van der Waals surface area contributed by atoms with Crippen molar-refractivity contribution in [2.45, 2.75) is 18.2 Å². The zero-order chi connectivity index (χ0) is 18.4. The number of hydrogen-bond acceptors (Lipinski definition) is 3. The summed E-state index contributed by atoms with van der Waals surface area (Å²) in [6, 6.07) is 16.2. The van der Waals surface area contributed by atoms with Gasteiger partial charge in [-0.25, -0.2) is 12.7 Å². The summed E-state index contributed by atoms with van der Waals surface area (Å²) in [6.45, 7) is 3.07. The topological polar surface area (TPSA) is 57.7 Å². The van der Waals surface area contributed by atoms with Gasteiger partial charge in [0.25, 0.3) is 5.91 Å². The molecule has 0 saturated carbocycles. The van der Waals surface area contributed by atoms with Crippen molar-refractivity contribution in [3.05, 3.63) is 65.7 Å². The molecule has 2 aromatic rings. The molecule has 6 heteroatoms. The van der Waals surface area contributed by atoms with E-state index in [-0.39, 0.29) is 10.8 Å². The van der Waals surface area contributed by atoms with Crippen LogP contribution in [-0.2, 0) is 16.4 Å². The molecular formula is C19H24N2O3S. The van der Waals surface area contributed by atoms with Gasteiger partial charge in [-0.15, -0.1) is 0 Å². The predicted molar refractivity (Wildman–Crippen MR) is 99.0 cm³/mol. The Morgan fingerprint density at radius 3 is 2.28 bits per heavy atom. The Labute approximate surface area is 149 Å². The summed E-state index contributed by atoms with van der Waals surface area (Å²) >= 11 is 0. The van der Waals surface area contributed by atoms with Gasteiger partial charge in [0.1, 0.15) is 0 Å². The quantitative estimate of drug-likeness (QED) is 0.763. The van der Waals surface area contributed by atoms with E-state index in [1.54, 1.807) is 17.0 Å². The summed E-state index contributed by atoms with van der Waals surface area (Å²) in [5.41, 5.74) is 1.55. The third-order valence-electron chi connectivity index (χ3n) is 4.04. The molecule has 0 saturated heterocycles. The summed E-state index contributed by atoms with van der Waals surface area (Å²) in [5, 5.41) is 0. The maximum Gasteiger partial charge on any atom is 0.253 e. The predicted octanol–water partition coefficient (Wildman–Crippen LogP) is 2.64. The second-order valence-corrected chi connectivity index (χ2v) is 8.09. The molecule has 0 aromatic heterocycles. The van der Waals surface area contributed by atoms with E-state index in [1.165, 1.54) is 26.2 Å².